The predicted molar refractivity (Wildman–Crippen MR) is 47.5 cm³/mol. The molecule has 1 nitrogen and oxygen atoms in total. The molecule has 0 spiro atoms. The summed E-state index contributed by atoms with van der Waals surface area (Å²) in [5.41, 5.74) is 0. The second kappa shape index (κ2) is 2.78. The van der Waals surface area contributed by atoms with Gasteiger partial charge >= 0.3 is 0 Å². The zero-order valence-corrected chi connectivity index (χ0v) is 7.64. The molecule has 4 unspecified atom stereocenters. The lowest BCUT2D eigenvalue weighted by Gasteiger charge is -2.49. The zero-order valence-electron chi connectivity index (χ0n) is 7.64. The summed E-state index contributed by atoms with van der Waals surface area (Å²) < 4.78 is 0. The van der Waals surface area contributed by atoms with Gasteiger partial charge in [0.15, 0.2) is 0 Å². The standard InChI is InChI=1S/C10H19N/c1-3-7-8-5-4-6-9(8)10(7)11-2/h7-11H,3-6H2,1-2H3. The van der Waals surface area contributed by atoms with Crippen LogP contribution in [0.2, 0.25) is 0 Å². The molecule has 2 aliphatic rings. The van der Waals surface area contributed by atoms with Crippen molar-refractivity contribution in [2.75, 3.05) is 7.05 Å². The van der Waals surface area contributed by atoms with Crippen LogP contribution in [0.25, 0.3) is 0 Å². The first-order valence-corrected chi connectivity index (χ1v) is 5.05. The van der Waals surface area contributed by atoms with E-state index in [4.69, 9.17) is 0 Å². The Labute approximate surface area is 69.6 Å². The van der Waals surface area contributed by atoms with E-state index in [-0.39, 0.29) is 0 Å². The van der Waals surface area contributed by atoms with Crippen LogP contribution in [0, 0.1) is 17.8 Å². The maximum absolute atomic E-state index is 3.47. The number of nitrogens with one attached hydrogen (secondary N) is 1. The summed E-state index contributed by atoms with van der Waals surface area (Å²) in [5, 5.41) is 3.47. The van der Waals surface area contributed by atoms with E-state index in [2.05, 4.69) is 19.3 Å². The van der Waals surface area contributed by atoms with E-state index in [9.17, 15) is 0 Å². The molecular formula is C10H19N. The van der Waals surface area contributed by atoms with Gasteiger partial charge in [-0.1, -0.05) is 19.8 Å². The summed E-state index contributed by atoms with van der Waals surface area (Å²) in [6.07, 6.45) is 5.88. The third kappa shape index (κ3) is 0.936. The quantitative estimate of drug-likeness (QED) is 0.640. The summed E-state index contributed by atoms with van der Waals surface area (Å²) in [4.78, 5) is 0. The lowest BCUT2D eigenvalue weighted by Crippen LogP contribution is -2.55. The normalized spacial score (nSPS) is 48.5. The smallest absolute Gasteiger partial charge is 0.0126 e. The van der Waals surface area contributed by atoms with E-state index >= 15 is 0 Å². The minimum absolute atomic E-state index is 0.868. The van der Waals surface area contributed by atoms with Gasteiger partial charge in [0.2, 0.25) is 0 Å². The molecule has 0 amide bonds. The SMILES string of the molecule is CCC1C2CCCC2C1NC. The molecule has 0 radical (unpaired) electrons. The molecule has 0 aliphatic heterocycles. The summed E-state index contributed by atoms with van der Waals surface area (Å²) in [6, 6.07) is 0.868. The highest BCUT2D eigenvalue weighted by Gasteiger charge is 2.50. The molecule has 0 aromatic carbocycles. The Kier molecular flexibility index (Phi) is 1.92. The van der Waals surface area contributed by atoms with Crippen molar-refractivity contribution in [3.8, 4) is 0 Å². The maximum Gasteiger partial charge on any atom is 0.0126 e. The Morgan fingerprint density at radius 3 is 2.64 bits per heavy atom. The second-order valence-electron chi connectivity index (χ2n) is 4.15. The van der Waals surface area contributed by atoms with Crippen molar-refractivity contribution in [2.24, 2.45) is 17.8 Å². The molecule has 1 heteroatoms. The third-order valence-electron chi connectivity index (χ3n) is 3.90. The zero-order chi connectivity index (χ0) is 7.84. The van der Waals surface area contributed by atoms with Crippen LogP contribution >= 0.6 is 0 Å². The first-order valence-electron chi connectivity index (χ1n) is 5.05. The van der Waals surface area contributed by atoms with Gasteiger partial charge in [0.1, 0.15) is 0 Å². The van der Waals surface area contributed by atoms with Crippen molar-refractivity contribution in [3.05, 3.63) is 0 Å². The van der Waals surface area contributed by atoms with Crippen LogP contribution in [0.15, 0.2) is 0 Å². The average Bonchev–Trinajstić information content (AvgIpc) is 2.36. The molecule has 0 heterocycles. The van der Waals surface area contributed by atoms with Gasteiger partial charge in [0, 0.05) is 6.04 Å². The Morgan fingerprint density at radius 1 is 1.27 bits per heavy atom. The molecule has 1 N–H and O–H groups in total. The molecule has 2 aliphatic carbocycles. The van der Waals surface area contributed by atoms with Crippen molar-refractivity contribution in [1.82, 2.24) is 5.32 Å². The predicted octanol–water partition coefficient (Wildman–Crippen LogP) is 2.03. The number of hydrogen-bond acceptors (Lipinski definition) is 1. The van der Waals surface area contributed by atoms with Crippen LogP contribution in [-0.4, -0.2) is 13.1 Å². The van der Waals surface area contributed by atoms with Gasteiger partial charge in [-0.15, -0.1) is 0 Å². The van der Waals surface area contributed by atoms with E-state index in [1.54, 1.807) is 0 Å². The molecule has 0 aromatic rings. The van der Waals surface area contributed by atoms with Crippen molar-refractivity contribution < 1.29 is 0 Å². The van der Waals surface area contributed by atoms with Crippen LogP contribution in [-0.2, 0) is 0 Å². The molecular weight excluding hydrogens is 134 g/mol. The van der Waals surface area contributed by atoms with Gasteiger partial charge in [0.25, 0.3) is 0 Å². The van der Waals surface area contributed by atoms with E-state index in [0.29, 0.717) is 0 Å². The van der Waals surface area contributed by atoms with E-state index in [1.165, 1.54) is 25.7 Å². The van der Waals surface area contributed by atoms with Gasteiger partial charge in [-0.05, 0) is 37.6 Å². The molecule has 2 fully saturated rings. The Hall–Kier alpha value is -0.0400. The summed E-state index contributed by atoms with van der Waals surface area (Å²) in [6.45, 7) is 2.34. The van der Waals surface area contributed by atoms with Crippen LogP contribution in [0.3, 0.4) is 0 Å². The molecule has 2 rings (SSSR count). The molecule has 2 saturated carbocycles. The fourth-order valence-corrected chi connectivity index (χ4v) is 3.42. The fourth-order valence-electron chi connectivity index (χ4n) is 3.42. The molecule has 0 saturated heterocycles. The third-order valence-corrected chi connectivity index (χ3v) is 3.90. The summed E-state index contributed by atoms with van der Waals surface area (Å²) >= 11 is 0. The highest BCUT2D eigenvalue weighted by atomic mass is 14.9. The maximum atomic E-state index is 3.47. The molecule has 64 valence electrons. The monoisotopic (exact) mass is 153 g/mol. The van der Waals surface area contributed by atoms with Crippen LogP contribution < -0.4 is 5.32 Å². The molecule has 0 aromatic heterocycles. The van der Waals surface area contributed by atoms with Crippen LogP contribution in [0.4, 0.5) is 0 Å². The van der Waals surface area contributed by atoms with Gasteiger partial charge in [-0.3, -0.25) is 0 Å². The Morgan fingerprint density at radius 2 is 2.00 bits per heavy atom. The number of hydrogen-bond donors (Lipinski definition) is 1. The Bertz CT molecular complexity index is 128. The van der Waals surface area contributed by atoms with Crippen molar-refractivity contribution in [1.29, 1.82) is 0 Å². The van der Waals surface area contributed by atoms with Gasteiger partial charge in [-0.25, -0.2) is 0 Å². The first kappa shape index (κ1) is 7.60. The van der Waals surface area contributed by atoms with Crippen LogP contribution in [0.1, 0.15) is 32.6 Å². The lowest BCUT2D eigenvalue weighted by atomic mass is 9.61. The minimum Gasteiger partial charge on any atom is -0.316 e. The highest BCUT2D eigenvalue weighted by Crippen LogP contribution is 2.52. The molecule has 11 heavy (non-hydrogen) atoms. The lowest BCUT2D eigenvalue weighted by molar-refractivity contribution is 0.0406. The second-order valence-corrected chi connectivity index (χ2v) is 4.15. The summed E-state index contributed by atoms with van der Waals surface area (Å²) in [7, 11) is 2.13. The molecule has 0 bridgehead atoms. The van der Waals surface area contributed by atoms with E-state index in [0.717, 1.165) is 23.8 Å². The highest BCUT2D eigenvalue weighted by molar-refractivity contribution is 5.03. The topological polar surface area (TPSA) is 12.0 Å². The van der Waals surface area contributed by atoms with E-state index < -0.39 is 0 Å². The van der Waals surface area contributed by atoms with Gasteiger partial charge in [-0.2, -0.15) is 0 Å². The number of rotatable bonds is 2. The Balaban J connectivity index is 2.00. The summed E-state index contributed by atoms with van der Waals surface area (Å²) in [5.74, 6) is 3.15. The largest absolute Gasteiger partial charge is 0.316 e. The average molecular weight is 153 g/mol. The van der Waals surface area contributed by atoms with Gasteiger partial charge < -0.3 is 5.32 Å². The van der Waals surface area contributed by atoms with Gasteiger partial charge in [0.05, 0.1) is 0 Å². The van der Waals surface area contributed by atoms with Crippen LogP contribution in [0.5, 0.6) is 0 Å². The molecule has 4 atom stereocenters. The number of fused-ring (bicyclic) bond motifs is 1. The first-order chi connectivity index (χ1) is 5.38. The van der Waals surface area contributed by atoms with Crippen molar-refractivity contribution in [2.45, 2.75) is 38.6 Å². The fraction of sp³-hybridized carbons (Fsp3) is 1.00. The van der Waals surface area contributed by atoms with Crippen molar-refractivity contribution in [3.63, 3.8) is 0 Å². The van der Waals surface area contributed by atoms with E-state index in [1.807, 2.05) is 0 Å². The minimum atomic E-state index is 0.868. The van der Waals surface area contributed by atoms with Crippen molar-refractivity contribution >= 4 is 0 Å².